The van der Waals surface area contributed by atoms with E-state index in [-0.39, 0.29) is 114 Å². The summed E-state index contributed by atoms with van der Waals surface area (Å²) in [4.78, 5) is 95.1. The number of ketones is 4. The van der Waals surface area contributed by atoms with Crippen molar-refractivity contribution >= 4 is 211 Å². The summed E-state index contributed by atoms with van der Waals surface area (Å²) in [6, 6.07) is 29.8. The Hall–Kier alpha value is -12.7. The highest BCUT2D eigenvalue weighted by Crippen LogP contribution is 2.40. The number of hydrogen-bond donors (Lipinski definition) is 9. The fourth-order valence-corrected chi connectivity index (χ4v) is 18.7. The highest BCUT2D eigenvalue weighted by molar-refractivity contribution is 7.93. The van der Waals surface area contributed by atoms with Crippen LogP contribution in [0.1, 0.15) is 113 Å². The molecule has 29 nitrogen and oxygen atoms in total. The minimum absolute atomic E-state index is 0.00584. The van der Waals surface area contributed by atoms with Crippen LogP contribution in [0.15, 0.2) is 239 Å². The molecule has 680 valence electrons. The Balaban J connectivity index is 0.000000150. The Labute approximate surface area is 776 Å². The summed E-state index contributed by atoms with van der Waals surface area (Å²) in [6.45, 7) is 4.80. The fraction of sp³-hybridized carbons (Fsp3) is 0.0952. The van der Waals surface area contributed by atoms with Crippen LogP contribution in [0.25, 0.3) is 44.1 Å². The number of fused-ring (bicyclic) bond motifs is 4. The van der Waals surface area contributed by atoms with Crippen LogP contribution in [0.3, 0.4) is 0 Å². The number of carbonyl (C=O) groups is 4. The first kappa shape index (κ1) is 96.9. The maximum atomic E-state index is 13.8. The zero-order valence-corrected chi connectivity index (χ0v) is 75.6. The summed E-state index contributed by atoms with van der Waals surface area (Å²) in [7, 11) is -17.7. The van der Waals surface area contributed by atoms with Crippen molar-refractivity contribution in [2.24, 2.45) is 0 Å². The van der Waals surface area contributed by atoms with E-state index in [4.69, 9.17) is 81.2 Å². The molecular weight excluding hydrogens is 1970 g/mol. The Bertz CT molecular complexity index is 7590. The fourth-order valence-electron chi connectivity index (χ4n) is 12.8. The maximum Gasteiger partial charge on any atom is 0.416 e. The van der Waals surface area contributed by atoms with Crippen molar-refractivity contribution in [1.29, 1.82) is 0 Å². The summed E-state index contributed by atoms with van der Waals surface area (Å²) in [5, 5.41) is 12.5. The van der Waals surface area contributed by atoms with Crippen LogP contribution in [-0.2, 0) is 64.0 Å². The number of rotatable bonds is 22. The molecule has 12 aromatic heterocycles. The van der Waals surface area contributed by atoms with Gasteiger partial charge in [0.25, 0.3) is 46.0 Å². The summed E-state index contributed by atoms with van der Waals surface area (Å²) >= 11 is 41.9. The normalized spacial score (nSPS) is 12.2. The topological polar surface area (TPSA) is 439 Å². The molecule has 0 radical (unpaired) electrons. The smallest absolute Gasteiger partial charge is 0.386 e. The third-order valence-electron chi connectivity index (χ3n) is 19.0. The number of carbonyl (C=O) groups excluding carboxylic acids is 4. The first-order valence-electron chi connectivity index (χ1n) is 37.2. The van der Waals surface area contributed by atoms with Gasteiger partial charge in [0.2, 0.25) is 23.1 Å². The number of aryl methyl sites for hydroxylation is 1. The highest BCUT2D eigenvalue weighted by Gasteiger charge is 2.37. The van der Waals surface area contributed by atoms with Gasteiger partial charge in [-0.25, -0.2) is 82.3 Å². The molecule has 12 heterocycles. The van der Waals surface area contributed by atoms with Gasteiger partial charge in [0, 0.05) is 140 Å². The van der Waals surface area contributed by atoms with E-state index in [0.717, 1.165) is 73.1 Å². The Morgan fingerprint density at radius 1 is 0.356 bits per heavy atom. The average Bonchev–Trinajstić information content (AvgIpc) is 1.47. The van der Waals surface area contributed by atoms with Crippen LogP contribution in [0.4, 0.5) is 57.9 Å². The lowest BCUT2D eigenvalue weighted by atomic mass is 9.99. The summed E-state index contributed by atoms with van der Waals surface area (Å²) in [5.41, 5.74) is -3.48. The molecule has 0 bridgehead atoms. The van der Waals surface area contributed by atoms with Gasteiger partial charge >= 0.3 is 12.4 Å². The first-order chi connectivity index (χ1) is 61.9. The van der Waals surface area contributed by atoms with Crippen LogP contribution in [-0.4, -0.2) is 122 Å². The molecule has 0 aliphatic rings. The molecule has 0 aliphatic carbocycles. The molecule has 0 amide bonds. The number of aliphatic hydroxyl groups is 1. The van der Waals surface area contributed by atoms with Crippen molar-refractivity contribution in [3.63, 3.8) is 0 Å². The first-order valence-corrected chi connectivity index (χ1v) is 45.8. The van der Waals surface area contributed by atoms with Gasteiger partial charge in [0.05, 0.1) is 79.1 Å². The quantitative estimate of drug-likeness (QED) is 0.0173. The molecule has 132 heavy (non-hydrogen) atoms. The van der Waals surface area contributed by atoms with Crippen molar-refractivity contribution in [1.82, 2.24) is 59.8 Å². The number of benzene rings is 4. The van der Waals surface area contributed by atoms with E-state index in [1.54, 1.807) is 49.1 Å². The number of nitrogens with one attached hydrogen (secondary N) is 8. The van der Waals surface area contributed by atoms with Gasteiger partial charge in [-0.3, -0.25) is 38.1 Å². The van der Waals surface area contributed by atoms with E-state index in [1.807, 2.05) is 0 Å². The molecule has 48 heteroatoms. The van der Waals surface area contributed by atoms with Crippen molar-refractivity contribution in [2.45, 2.75) is 71.2 Å². The molecule has 0 aliphatic heterocycles. The van der Waals surface area contributed by atoms with E-state index in [0.29, 0.717) is 68.8 Å². The lowest BCUT2D eigenvalue weighted by molar-refractivity contribution is -0.138. The lowest BCUT2D eigenvalue weighted by Crippen LogP contribution is -2.20. The predicted molar refractivity (Wildman–Crippen MR) is 479 cm³/mol. The van der Waals surface area contributed by atoms with E-state index in [9.17, 15) is 93.1 Å². The lowest BCUT2D eigenvalue weighted by Gasteiger charge is -2.20. The van der Waals surface area contributed by atoms with Gasteiger partial charge in [-0.15, -0.1) is 0 Å². The number of alkyl halides is 8. The zero-order valence-electron chi connectivity index (χ0n) is 67.0. The molecular formula is C84H57Cl7F8N16O13S4. The van der Waals surface area contributed by atoms with Crippen LogP contribution in [0.2, 0.25) is 35.3 Å². The highest BCUT2D eigenvalue weighted by atomic mass is 35.5. The molecule has 4 aromatic carbocycles. The third kappa shape index (κ3) is 21.7. The monoisotopic (exact) mass is 2020 g/mol. The Morgan fingerprint density at radius 3 is 1.02 bits per heavy atom. The second kappa shape index (κ2) is 37.9. The zero-order chi connectivity index (χ0) is 95.9. The predicted octanol–water partition coefficient (Wildman–Crippen LogP) is 20.2. The van der Waals surface area contributed by atoms with E-state index in [2.05, 4.69) is 78.7 Å². The molecule has 0 fully saturated rings. The molecule has 0 saturated carbocycles. The Kier molecular flexibility index (Phi) is 27.8. The number of sulfonamides is 4. The van der Waals surface area contributed by atoms with Gasteiger partial charge in [0.1, 0.15) is 50.5 Å². The van der Waals surface area contributed by atoms with Gasteiger partial charge in [-0.1, -0.05) is 93.3 Å². The van der Waals surface area contributed by atoms with Gasteiger partial charge in [0.15, 0.2) is 0 Å². The SMILES string of the molecule is CC(C)(O)c1cc(S(=O)(=O)Nc2cc(Cl)cnc2C(=O)c2ccnc3[nH]ccc23)ccc1Cl.CC(F)(F)c1cc(S(=O)(=O)Nc2cc(Cl)cnc2C(=O)c2ccnc3[nH]ccc23)ccc1Cl.Cc1ccc(S(=O)(=O)Nc2cc(Cl)cnc2C(=O)c2cc(Cl)nc3[nH]ccc23)cc1C(F)(F)F.O=C(c1ncc(Cl)cc1NS(=O)(=O)c1cccc(C(F)(F)F)c1)c1ccnc2[nH]ccc12. The minimum Gasteiger partial charge on any atom is -0.386 e. The number of halogens is 15. The molecule has 16 rings (SSSR count). The van der Waals surface area contributed by atoms with Crippen molar-refractivity contribution in [3.05, 3.63) is 328 Å². The molecule has 0 spiro atoms. The number of nitrogens with zero attached hydrogens (tertiary/aromatic N) is 8. The number of pyridine rings is 8. The number of H-pyrrole nitrogens is 4. The summed E-state index contributed by atoms with van der Waals surface area (Å²) in [5.74, 6) is -5.80. The summed E-state index contributed by atoms with van der Waals surface area (Å²) in [6.07, 6.45) is 5.94. The van der Waals surface area contributed by atoms with Gasteiger partial charge in [-0.05, 0) is 166 Å². The van der Waals surface area contributed by atoms with Crippen LogP contribution in [0, 0.1) is 6.92 Å². The van der Waals surface area contributed by atoms with Gasteiger partial charge in [-0.2, -0.15) is 26.3 Å². The number of anilines is 4. The van der Waals surface area contributed by atoms with Crippen molar-refractivity contribution in [3.8, 4) is 0 Å². The third-order valence-corrected chi connectivity index (χ3v) is 26.2. The van der Waals surface area contributed by atoms with Crippen molar-refractivity contribution in [2.75, 3.05) is 18.9 Å². The van der Waals surface area contributed by atoms with Crippen LogP contribution >= 0.6 is 81.2 Å². The molecule has 9 N–H and O–H groups in total. The van der Waals surface area contributed by atoms with Gasteiger partial charge < -0.3 is 25.0 Å². The number of aromatic amines is 4. The molecule has 0 saturated heterocycles. The average molecular weight is 2030 g/mol. The van der Waals surface area contributed by atoms with Crippen LogP contribution < -0.4 is 18.9 Å². The standard InChI is InChI=1S/C22H18Cl2N4O4S.C21H13Cl2F3N4O3S.C21H14Cl2F2N4O3S.C20H12ClF3N4O3S/c1-22(2,30)16-10-13(3-4-17(16)24)33(31,32)28-18-9-12(23)11-27-19(18)20(29)14-5-7-25-21-15(14)6-8-26-21;1-10-2-3-12(7-15(10)21(24,25)26)34(32,33)30-16-6-11(22)9-28-18(16)19(31)14-8-17(23)29-20-13(14)4-5-27-20;1-21(24,25)15-9-12(2-3-16(15)23)33(31,32)29-17-8-11(22)10-28-18(17)19(30)13-4-6-26-20-14(13)5-7-27-20;21-12-9-16(28-32(30,31)13-3-1-2-11(8-13)20(22,23)24)17(27-10-12)18(29)14-4-6-25-19-15(14)5-7-26-19/h3-11,28,30H,1-2H3,(H,25,26);2-9,30H,1H3,(H,27,29);2-10,29H,1H3,(H,26,27);1-10,28H,(H,25,26). The Morgan fingerprint density at radius 2 is 0.674 bits per heavy atom. The summed E-state index contributed by atoms with van der Waals surface area (Å²) < 4.78 is 219. The van der Waals surface area contributed by atoms with Crippen LogP contribution in [0.5, 0.6) is 0 Å². The molecule has 0 atom stereocenters. The van der Waals surface area contributed by atoms with Crippen molar-refractivity contribution < 1.29 is 93.1 Å². The maximum absolute atomic E-state index is 13.8. The van der Waals surface area contributed by atoms with E-state index < -0.39 is 118 Å². The molecule has 16 aromatic rings. The minimum atomic E-state index is -4.75. The van der Waals surface area contributed by atoms with E-state index >= 15 is 0 Å². The second-order valence-electron chi connectivity index (χ2n) is 28.7. The van der Waals surface area contributed by atoms with E-state index in [1.165, 1.54) is 106 Å². The molecule has 0 unspecified atom stereocenters. The largest absolute Gasteiger partial charge is 0.416 e. The number of aromatic nitrogens is 12. The number of hydrogen-bond acceptors (Lipinski definition) is 21. The second-order valence-corrected chi connectivity index (χ2v) is 38.4.